The highest BCUT2D eigenvalue weighted by Crippen LogP contribution is 2.68. The highest BCUT2D eigenvalue weighted by atomic mass is 32.2. The molecule has 206 valence electrons. The van der Waals surface area contributed by atoms with Crippen LogP contribution in [0, 0.1) is 29.6 Å². The molecule has 40 heavy (non-hydrogen) atoms. The molecule has 0 spiro atoms. The van der Waals surface area contributed by atoms with Crippen LogP contribution in [0.25, 0.3) is 11.1 Å². The number of hydrogen-bond donors (Lipinski definition) is 2. The molecule has 2 saturated carbocycles. The lowest BCUT2D eigenvalue weighted by molar-refractivity contribution is -0.141. The van der Waals surface area contributed by atoms with Crippen LogP contribution in [0.15, 0.2) is 64.4 Å². The van der Waals surface area contributed by atoms with E-state index in [1.54, 1.807) is 11.8 Å². The number of imide groups is 1. The van der Waals surface area contributed by atoms with Gasteiger partial charge in [-0.15, -0.1) is 11.8 Å². The van der Waals surface area contributed by atoms with Crippen LogP contribution in [0.2, 0.25) is 0 Å². The van der Waals surface area contributed by atoms with Crippen LogP contribution in [0.3, 0.4) is 0 Å². The van der Waals surface area contributed by atoms with Crippen LogP contribution >= 0.6 is 23.1 Å². The molecular formula is C31H30N2O5S2. The number of nitrogens with zero attached hydrogens (tertiary/aromatic N) is 1. The quantitative estimate of drug-likeness (QED) is 0.282. The number of thioether (sulfide) groups is 1. The molecule has 4 aliphatic rings. The average molecular weight is 575 g/mol. The molecule has 2 aliphatic heterocycles. The number of unbranched alkanes of at least 4 members (excludes halogenated alkanes) is 2. The van der Waals surface area contributed by atoms with Gasteiger partial charge in [-0.05, 0) is 53.7 Å². The van der Waals surface area contributed by atoms with Gasteiger partial charge in [-0.25, -0.2) is 0 Å². The Morgan fingerprint density at radius 1 is 0.900 bits per heavy atom. The normalized spacial score (nSPS) is 29.9. The number of H-pyrrole nitrogens is 1. The lowest BCUT2D eigenvalue weighted by atomic mass is 9.68. The van der Waals surface area contributed by atoms with Crippen LogP contribution < -0.4 is 4.87 Å². The SMILES string of the molecule is O=C(O)CCCCCN1C(=O)C2C3CC(C2C1=O)C1C3Sc2[nH]c(=O)sc2[C@@H]1c1ccc(-c2ccccc2)cc1. The van der Waals surface area contributed by atoms with Crippen LogP contribution in [-0.2, 0) is 14.4 Å². The predicted molar refractivity (Wildman–Crippen MR) is 153 cm³/mol. The number of benzene rings is 2. The van der Waals surface area contributed by atoms with Crippen molar-refractivity contribution in [3.05, 3.63) is 74.7 Å². The first kappa shape index (κ1) is 25.8. The number of rotatable bonds is 8. The molecular weight excluding hydrogens is 544 g/mol. The molecule has 2 aliphatic carbocycles. The van der Waals surface area contributed by atoms with Gasteiger partial charge in [-0.2, -0.15) is 0 Å². The summed E-state index contributed by atoms with van der Waals surface area (Å²) in [5.74, 6) is -1.07. The van der Waals surface area contributed by atoms with Gasteiger partial charge in [-0.1, -0.05) is 72.4 Å². The van der Waals surface area contributed by atoms with Gasteiger partial charge in [0.1, 0.15) is 0 Å². The van der Waals surface area contributed by atoms with Crippen molar-refractivity contribution in [1.29, 1.82) is 0 Å². The van der Waals surface area contributed by atoms with E-state index in [1.807, 2.05) is 18.2 Å². The Morgan fingerprint density at radius 2 is 1.60 bits per heavy atom. The zero-order chi connectivity index (χ0) is 27.5. The Bertz CT molecular complexity index is 1530. The van der Waals surface area contributed by atoms with Gasteiger partial charge in [0.15, 0.2) is 0 Å². The van der Waals surface area contributed by atoms with E-state index in [-0.39, 0.29) is 63.9 Å². The van der Waals surface area contributed by atoms with Crippen molar-refractivity contribution in [2.45, 2.75) is 48.3 Å². The van der Waals surface area contributed by atoms with E-state index < -0.39 is 5.97 Å². The monoisotopic (exact) mass is 574 g/mol. The lowest BCUT2D eigenvalue weighted by Crippen LogP contribution is -2.42. The van der Waals surface area contributed by atoms with Gasteiger partial charge in [0.25, 0.3) is 0 Å². The molecule has 2 bridgehead atoms. The molecule has 9 heteroatoms. The standard InChI is InChI=1S/C31H30N2O5S2/c34-21(35)9-5-2-6-14-33-29(36)24-19-15-20(25(24)30(33)37)26-23(19)22(27-28(39-26)32-31(38)40-27)18-12-10-17(11-13-18)16-7-3-1-4-8-16/h1,3-4,7-8,10-13,19-20,22-26H,2,5-6,9,14-15H2,(H,32,38)(H,34,35)/t19?,20?,22-,23?,24?,25?,26?/m1/s1. The van der Waals surface area contributed by atoms with Crippen molar-refractivity contribution in [3.63, 3.8) is 0 Å². The molecule has 2 amide bonds. The predicted octanol–water partition coefficient (Wildman–Crippen LogP) is 5.22. The number of nitrogens with one attached hydrogen (secondary N) is 1. The zero-order valence-electron chi connectivity index (χ0n) is 21.8. The second-order valence-corrected chi connectivity index (χ2v) is 13.7. The van der Waals surface area contributed by atoms with Crippen LogP contribution in [0.1, 0.15) is 48.5 Å². The van der Waals surface area contributed by atoms with E-state index in [2.05, 4.69) is 41.4 Å². The van der Waals surface area contributed by atoms with E-state index in [9.17, 15) is 19.2 Å². The van der Waals surface area contributed by atoms with Crippen molar-refractivity contribution >= 4 is 40.9 Å². The van der Waals surface area contributed by atoms with Crippen LogP contribution in [0.4, 0.5) is 0 Å². The minimum atomic E-state index is -0.821. The maximum Gasteiger partial charge on any atom is 0.305 e. The number of amides is 2. The molecule has 3 heterocycles. The number of carboxylic acids is 1. The fourth-order valence-electron chi connectivity index (χ4n) is 7.91. The number of fused-ring (bicyclic) bond motifs is 9. The van der Waals surface area contributed by atoms with Crippen molar-refractivity contribution in [2.75, 3.05) is 6.54 Å². The highest BCUT2D eigenvalue weighted by Gasteiger charge is 2.69. The Morgan fingerprint density at radius 3 is 2.33 bits per heavy atom. The summed E-state index contributed by atoms with van der Waals surface area (Å²) in [6.45, 7) is 0.372. The number of hydrogen-bond acceptors (Lipinski definition) is 6. The van der Waals surface area contributed by atoms with Gasteiger partial charge in [0.05, 0.1) is 16.9 Å². The second kappa shape index (κ2) is 10.0. The molecule has 0 radical (unpaired) electrons. The number of aromatic nitrogens is 1. The van der Waals surface area contributed by atoms with Crippen LogP contribution in [0.5, 0.6) is 0 Å². The van der Waals surface area contributed by atoms with E-state index in [1.165, 1.54) is 16.2 Å². The first-order valence-electron chi connectivity index (χ1n) is 14.0. The third-order valence-electron chi connectivity index (χ3n) is 9.46. The number of aromatic amines is 1. The van der Waals surface area contributed by atoms with Crippen molar-refractivity contribution in [1.82, 2.24) is 9.88 Å². The summed E-state index contributed by atoms with van der Waals surface area (Å²) in [5.41, 5.74) is 3.44. The second-order valence-electron chi connectivity index (χ2n) is 11.5. The fourth-order valence-corrected chi connectivity index (χ4v) is 10.8. The summed E-state index contributed by atoms with van der Waals surface area (Å²) in [5, 5.41) is 9.98. The van der Waals surface area contributed by atoms with Gasteiger partial charge in [0.2, 0.25) is 11.8 Å². The molecule has 2 N–H and O–H groups in total. The molecule has 6 unspecified atom stereocenters. The number of carbonyl (C=O) groups excluding carboxylic acids is 2. The molecule has 1 saturated heterocycles. The topological polar surface area (TPSA) is 108 Å². The maximum atomic E-state index is 13.7. The van der Waals surface area contributed by atoms with Crippen molar-refractivity contribution < 1.29 is 19.5 Å². The molecule has 1 aromatic heterocycles. The third-order valence-corrected chi connectivity index (χ3v) is 12.1. The molecule has 2 aromatic carbocycles. The summed E-state index contributed by atoms with van der Waals surface area (Å²) < 4.78 is 0. The minimum absolute atomic E-state index is 0.0129. The largest absolute Gasteiger partial charge is 0.481 e. The Balaban J connectivity index is 1.18. The Hall–Kier alpha value is -3.17. The van der Waals surface area contributed by atoms with Gasteiger partial charge in [-0.3, -0.25) is 24.1 Å². The van der Waals surface area contributed by atoms with Crippen molar-refractivity contribution in [2.24, 2.45) is 29.6 Å². The lowest BCUT2D eigenvalue weighted by Gasteiger charge is -2.43. The van der Waals surface area contributed by atoms with Gasteiger partial charge in [0, 0.05) is 29.0 Å². The number of thiazole rings is 1. The highest BCUT2D eigenvalue weighted by molar-refractivity contribution is 8.00. The van der Waals surface area contributed by atoms with Gasteiger partial charge < -0.3 is 10.1 Å². The summed E-state index contributed by atoms with van der Waals surface area (Å²) in [6.07, 6.45) is 2.85. The molecule has 7 nitrogen and oxygen atoms in total. The molecule has 7 rings (SSSR count). The van der Waals surface area contributed by atoms with E-state index >= 15 is 0 Å². The molecule has 3 fully saturated rings. The summed E-state index contributed by atoms with van der Waals surface area (Å²) >= 11 is 2.99. The van der Waals surface area contributed by atoms with Crippen molar-refractivity contribution in [3.8, 4) is 11.1 Å². The summed E-state index contributed by atoms with van der Waals surface area (Å²) in [4.78, 5) is 56.1. The molecule has 3 aromatic rings. The summed E-state index contributed by atoms with van der Waals surface area (Å²) in [7, 11) is 0. The number of aliphatic carboxylic acids is 1. The Labute approximate surface area is 240 Å². The van der Waals surface area contributed by atoms with E-state index in [0.29, 0.717) is 25.8 Å². The maximum absolute atomic E-state index is 13.7. The number of carboxylic acid groups (broad SMARTS) is 1. The number of likely N-dealkylation sites (tertiary alicyclic amines) is 1. The first-order valence-corrected chi connectivity index (χ1v) is 15.7. The van der Waals surface area contributed by atoms with E-state index in [0.717, 1.165) is 33.0 Å². The minimum Gasteiger partial charge on any atom is -0.481 e. The van der Waals surface area contributed by atoms with Crippen LogP contribution in [-0.4, -0.2) is 44.6 Å². The average Bonchev–Trinajstić information content (AvgIpc) is 3.69. The Kier molecular flexibility index (Phi) is 6.46. The molecule has 7 atom stereocenters. The number of carbonyl (C=O) groups is 3. The smallest absolute Gasteiger partial charge is 0.305 e. The zero-order valence-corrected chi connectivity index (χ0v) is 23.5. The van der Waals surface area contributed by atoms with Gasteiger partial charge >= 0.3 is 10.8 Å². The fraction of sp³-hybridized carbons (Fsp3) is 0.419. The summed E-state index contributed by atoms with van der Waals surface area (Å²) in [6, 6.07) is 18.9. The van der Waals surface area contributed by atoms with E-state index in [4.69, 9.17) is 5.11 Å². The first-order chi connectivity index (χ1) is 19.4. The third kappa shape index (κ3) is 4.08.